The number of benzene rings is 1. The van der Waals surface area contributed by atoms with Gasteiger partial charge in [-0.3, -0.25) is 14.5 Å². The number of aromatic amines is 1. The second kappa shape index (κ2) is 15.8. The number of carbonyl (C=O) groups excluding carboxylic acids is 1. The van der Waals surface area contributed by atoms with Crippen LogP contribution < -0.4 is 25.2 Å². The molecule has 0 radical (unpaired) electrons. The van der Waals surface area contributed by atoms with Crippen LogP contribution in [0.15, 0.2) is 40.2 Å². The maximum absolute atomic E-state index is 14.0. The van der Waals surface area contributed by atoms with E-state index in [-0.39, 0.29) is 42.2 Å². The Hall–Kier alpha value is -3.72. The molecule has 2 aromatic heterocycles. The number of fused-ring (bicyclic) bond motifs is 1. The fraction of sp³-hybridized carbons (Fsp3) is 0.575. The number of pyridine rings is 2. The predicted octanol–water partition coefficient (Wildman–Crippen LogP) is 6.33. The Morgan fingerprint density at radius 3 is 2.43 bits per heavy atom. The first-order valence-electron chi connectivity index (χ1n) is 18.9. The van der Waals surface area contributed by atoms with Crippen molar-refractivity contribution >= 4 is 23.5 Å². The van der Waals surface area contributed by atoms with Gasteiger partial charge in [-0.15, -0.1) is 11.8 Å². The summed E-state index contributed by atoms with van der Waals surface area (Å²) in [5.41, 5.74) is 3.61. The standard InChI is InChI=1S/C40H51F2N5O6S/c1-22-13-33(54-6)32(39(49)45-22)16-44-38(48)30-14-31(26-7-12-35(43-15-26)47-17-23(2)51-24(3)18-47)37-36(25(30)4)52-40(5,53-37)27-8-10-28(11-9-27)46-19-29(20-46)50-21-34(41)42/h7,12-15,23-24,27-29,34H,8-11,16-21H2,1-6H3,(H,44,48)(H,45,49)/t23-,24+,27-,28-,40?. The number of likely N-dealkylation sites (tertiary alicyclic amines) is 1. The number of hydrogen-bond donors (Lipinski definition) is 2. The summed E-state index contributed by atoms with van der Waals surface area (Å²) >= 11 is 1.47. The van der Waals surface area contributed by atoms with Crippen LogP contribution in [0.2, 0.25) is 0 Å². The fourth-order valence-electron chi connectivity index (χ4n) is 8.44. The summed E-state index contributed by atoms with van der Waals surface area (Å²) in [6, 6.07) is 8.12. The lowest BCUT2D eigenvalue weighted by molar-refractivity contribution is -0.135. The summed E-state index contributed by atoms with van der Waals surface area (Å²) in [6.45, 7) is 12.2. The molecule has 1 aliphatic carbocycles. The third kappa shape index (κ3) is 7.98. The van der Waals surface area contributed by atoms with Gasteiger partial charge in [-0.1, -0.05) is 0 Å². The highest BCUT2D eigenvalue weighted by molar-refractivity contribution is 7.98. The fourth-order valence-corrected chi connectivity index (χ4v) is 9.15. The normalized spacial score (nSPS) is 25.9. The number of alkyl halides is 2. The molecule has 1 unspecified atom stereocenters. The molecule has 2 saturated heterocycles. The summed E-state index contributed by atoms with van der Waals surface area (Å²) < 4.78 is 50.1. The van der Waals surface area contributed by atoms with E-state index in [1.165, 1.54) is 11.8 Å². The molecule has 3 aliphatic heterocycles. The van der Waals surface area contributed by atoms with Crippen LogP contribution in [-0.4, -0.2) is 96.4 Å². The molecule has 3 fully saturated rings. The van der Waals surface area contributed by atoms with E-state index < -0.39 is 18.8 Å². The van der Waals surface area contributed by atoms with Crippen molar-refractivity contribution < 1.29 is 32.5 Å². The molecule has 0 bridgehead atoms. The number of nitrogens with zero attached hydrogens (tertiary/aromatic N) is 3. The lowest BCUT2D eigenvalue weighted by Gasteiger charge is -2.47. The van der Waals surface area contributed by atoms with Crippen LogP contribution >= 0.6 is 11.8 Å². The van der Waals surface area contributed by atoms with Gasteiger partial charge in [0.05, 0.1) is 18.3 Å². The Kier molecular flexibility index (Phi) is 11.3. The minimum absolute atomic E-state index is 0.0670. The molecular formula is C40H51F2N5O6S. The van der Waals surface area contributed by atoms with Gasteiger partial charge in [0.25, 0.3) is 23.7 Å². The zero-order chi connectivity index (χ0) is 38.3. The first-order valence-corrected chi connectivity index (χ1v) is 20.2. The minimum Gasteiger partial charge on any atom is -0.448 e. The molecule has 54 heavy (non-hydrogen) atoms. The van der Waals surface area contributed by atoms with Gasteiger partial charge in [-0.25, -0.2) is 13.8 Å². The summed E-state index contributed by atoms with van der Waals surface area (Å²) in [5.74, 6) is 0.758. The number of thioether (sulfide) groups is 1. The monoisotopic (exact) mass is 767 g/mol. The Balaban J connectivity index is 1.13. The molecule has 4 aliphatic rings. The van der Waals surface area contributed by atoms with Crippen molar-refractivity contribution in [1.29, 1.82) is 0 Å². The first-order chi connectivity index (χ1) is 25.8. The largest absolute Gasteiger partial charge is 0.448 e. The van der Waals surface area contributed by atoms with Crippen LogP contribution in [0.5, 0.6) is 11.5 Å². The molecule has 14 heteroatoms. The Morgan fingerprint density at radius 1 is 1.07 bits per heavy atom. The van der Waals surface area contributed by atoms with Gasteiger partial charge in [-0.2, -0.15) is 0 Å². The second-order valence-corrected chi connectivity index (χ2v) is 16.2. The molecule has 1 aromatic carbocycles. The highest BCUT2D eigenvalue weighted by atomic mass is 32.2. The van der Waals surface area contributed by atoms with Gasteiger partial charge in [0, 0.05) is 96.2 Å². The molecule has 1 amide bonds. The number of aryl methyl sites for hydroxylation is 1. The van der Waals surface area contributed by atoms with Crippen molar-refractivity contribution in [2.45, 2.75) is 108 Å². The maximum Gasteiger partial charge on any atom is 0.261 e. The number of carbonyl (C=O) groups is 1. The average molecular weight is 768 g/mol. The Morgan fingerprint density at radius 2 is 1.78 bits per heavy atom. The molecule has 7 rings (SSSR count). The maximum atomic E-state index is 14.0. The van der Waals surface area contributed by atoms with Gasteiger partial charge in [0.2, 0.25) is 0 Å². The van der Waals surface area contributed by atoms with E-state index in [0.717, 1.165) is 60.7 Å². The van der Waals surface area contributed by atoms with Gasteiger partial charge < -0.3 is 34.1 Å². The van der Waals surface area contributed by atoms with E-state index in [2.05, 4.69) is 33.9 Å². The summed E-state index contributed by atoms with van der Waals surface area (Å²) in [4.78, 5) is 39.9. The highest BCUT2D eigenvalue weighted by Gasteiger charge is 2.48. The van der Waals surface area contributed by atoms with Crippen LogP contribution in [0.1, 0.15) is 73.6 Å². The third-order valence-corrected chi connectivity index (χ3v) is 12.1. The van der Waals surface area contributed by atoms with Gasteiger partial charge in [0.1, 0.15) is 12.4 Å². The topological polar surface area (TPSA) is 118 Å². The number of morpholine rings is 1. The van der Waals surface area contributed by atoms with E-state index in [4.69, 9.17) is 23.9 Å². The van der Waals surface area contributed by atoms with E-state index in [1.807, 2.05) is 57.5 Å². The molecule has 3 aromatic rings. The quantitative estimate of drug-likeness (QED) is 0.215. The predicted molar refractivity (Wildman–Crippen MR) is 204 cm³/mol. The third-order valence-electron chi connectivity index (χ3n) is 11.3. The van der Waals surface area contributed by atoms with Gasteiger partial charge in [-0.05, 0) is 83.9 Å². The molecule has 0 spiro atoms. The zero-order valence-electron chi connectivity index (χ0n) is 31.9. The number of H-pyrrole nitrogens is 1. The average Bonchev–Trinajstić information content (AvgIpc) is 3.49. The molecule has 11 nitrogen and oxygen atoms in total. The van der Waals surface area contributed by atoms with Crippen molar-refractivity contribution in [3.8, 4) is 22.6 Å². The van der Waals surface area contributed by atoms with Crippen molar-refractivity contribution in [3.63, 3.8) is 0 Å². The van der Waals surface area contributed by atoms with E-state index in [0.29, 0.717) is 52.9 Å². The molecule has 3 atom stereocenters. The van der Waals surface area contributed by atoms with Crippen molar-refractivity contribution in [2.75, 3.05) is 43.9 Å². The zero-order valence-corrected chi connectivity index (χ0v) is 32.7. The number of hydrogen-bond acceptors (Lipinski definition) is 10. The number of amides is 1. The minimum atomic E-state index is -2.45. The second-order valence-electron chi connectivity index (χ2n) is 15.4. The summed E-state index contributed by atoms with van der Waals surface area (Å²) in [7, 11) is 0. The number of aromatic nitrogens is 2. The number of rotatable bonds is 11. The molecule has 2 N–H and O–H groups in total. The van der Waals surface area contributed by atoms with E-state index in [1.54, 1.807) is 0 Å². The van der Waals surface area contributed by atoms with E-state index in [9.17, 15) is 18.4 Å². The highest BCUT2D eigenvalue weighted by Crippen LogP contribution is 2.53. The SMILES string of the molecule is CSc1cc(C)[nH]c(=O)c1CNC(=O)c1cc(-c2ccc(N3C[C@@H](C)O[C@@H](C)C3)nc2)c2c(c1C)OC(C)([C@H]1CC[C@H](N3CC(OCC(F)F)C3)CC1)O2. The van der Waals surface area contributed by atoms with Crippen LogP contribution in [-0.2, 0) is 16.0 Å². The van der Waals surface area contributed by atoms with Crippen molar-refractivity contribution in [3.05, 3.63) is 63.2 Å². The van der Waals surface area contributed by atoms with Crippen molar-refractivity contribution in [2.24, 2.45) is 5.92 Å². The van der Waals surface area contributed by atoms with Crippen LogP contribution in [0.4, 0.5) is 14.6 Å². The number of anilines is 1. The Labute approximate surface area is 319 Å². The Bertz CT molecular complexity index is 1890. The molecule has 292 valence electrons. The van der Waals surface area contributed by atoms with Gasteiger partial charge >= 0.3 is 0 Å². The molecule has 5 heterocycles. The van der Waals surface area contributed by atoms with Crippen LogP contribution in [0.3, 0.4) is 0 Å². The smallest absolute Gasteiger partial charge is 0.261 e. The van der Waals surface area contributed by atoms with Crippen molar-refractivity contribution in [1.82, 2.24) is 20.2 Å². The van der Waals surface area contributed by atoms with E-state index >= 15 is 0 Å². The first kappa shape index (κ1) is 38.6. The number of nitrogens with one attached hydrogen (secondary N) is 2. The lowest BCUT2D eigenvalue weighted by Crippen LogP contribution is -2.58. The lowest BCUT2D eigenvalue weighted by atomic mass is 9.80. The molecular weight excluding hydrogens is 717 g/mol. The number of ether oxygens (including phenoxy) is 4. The van der Waals surface area contributed by atoms with Crippen LogP contribution in [0, 0.1) is 19.8 Å². The number of halogens is 2. The van der Waals surface area contributed by atoms with Crippen LogP contribution in [0.25, 0.3) is 11.1 Å². The summed E-state index contributed by atoms with van der Waals surface area (Å²) in [6.07, 6.45) is 4.93. The molecule has 1 saturated carbocycles. The summed E-state index contributed by atoms with van der Waals surface area (Å²) in [5, 5.41) is 2.99. The van der Waals surface area contributed by atoms with Gasteiger partial charge in [0.15, 0.2) is 11.5 Å².